The van der Waals surface area contributed by atoms with E-state index in [0.717, 1.165) is 10.9 Å². The van der Waals surface area contributed by atoms with Gasteiger partial charge in [0.1, 0.15) is 5.82 Å². The first-order chi connectivity index (χ1) is 13.1. The van der Waals surface area contributed by atoms with Gasteiger partial charge in [0.05, 0.1) is 11.3 Å². The van der Waals surface area contributed by atoms with E-state index in [9.17, 15) is 14.7 Å². The number of para-hydroxylation sites is 2. The summed E-state index contributed by atoms with van der Waals surface area (Å²) in [7, 11) is 0. The second-order valence-electron chi connectivity index (χ2n) is 5.92. The van der Waals surface area contributed by atoms with Gasteiger partial charge in [0.25, 0.3) is 5.91 Å². The number of aromatic carboxylic acids is 1. The van der Waals surface area contributed by atoms with E-state index in [2.05, 4.69) is 9.97 Å². The van der Waals surface area contributed by atoms with E-state index in [-0.39, 0.29) is 11.3 Å². The molecule has 2 aromatic carbocycles. The summed E-state index contributed by atoms with van der Waals surface area (Å²) in [6.45, 7) is 0. The number of amides is 1. The lowest BCUT2D eigenvalue weighted by atomic mass is 10.1. The van der Waals surface area contributed by atoms with Crippen molar-refractivity contribution in [1.82, 2.24) is 9.97 Å². The van der Waals surface area contributed by atoms with Crippen molar-refractivity contribution in [1.29, 1.82) is 0 Å². The summed E-state index contributed by atoms with van der Waals surface area (Å²) in [5.41, 5.74) is 1.24. The number of nitrogens with one attached hydrogen (secondary N) is 1. The third-order valence-corrected chi connectivity index (χ3v) is 4.21. The predicted molar refractivity (Wildman–Crippen MR) is 102 cm³/mol. The number of carbonyl (C=O) groups is 2. The number of pyridine rings is 1. The summed E-state index contributed by atoms with van der Waals surface area (Å²) in [5, 5.41) is 10.4. The molecule has 6 heteroatoms. The van der Waals surface area contributed by atoms with Crippen LogP contribution < -0.4 is 4.90 Å². The van der Waals surface area contributed by atoms with Crippen LogP contribution in [0.3, 0.4) is 0 Å². The summed E-state index contributed by atoms with van der Waals surface area (Å²) in [6, 6.07) is 21.6. The van der Waals surface area contributed by atoms with Crippen LogP contribution in [0, 0.1) is 0 Å². The zero-order valence-corrected chi connectivity index (χ0v) is 14.2. The van der Waals surface area contributed by atoms with Crippen LogP contribution in [0.4, 0.5) is 11.5 Å². The molecular weight excluding hydrogens is 342 g/mol. The van der Waals surface area contributed by atoms with Crippen molar-refractivity contribution in [2.24, 2.45) is 0 Å². The minimum absolute atomic E-state index is 0.0208. The van der Waals surface area contributed by atoms with Gasteiger partial charge in [0.2, 0.25) is 0 Å². The van der Waals surface area contributed by atoms with E-state index in [1.807, 2.05) is 48.5 Å². The van der Waals surface area contributed by atoms with Crippen molar-refractivity contribution in [3.8, 4) is 0 Å². The van der Waals surface area contributed by atoms with E-state index in [4.69, 9.17) is 0 Å². The Balaban J connectivity index is 1.89. The number of aromatic nitrogens is 2. The number of carbonyl (C=O) groups excluding carboxylic acids is 1. The number of H-pyrrole nitrogens is 1. The molecule has 27 heavy (non-hydrogen) atoms. The molecule has 0 saturated carbocycles. The van der Waals surface area contributed by atoms with Crippen molar-refractivity contribution >= 4 is 34.3 Å². The summed E-state index contributed by atoms with van der Waals surface area (Å²) < 4.78 is 0. The van der Waals surface area contributed by atoms with E-state index in [1.165, 1.54) is 17.2 Å². The average molecular weight is 357 g/mol. The van der Waals surface area contributed by atoms with Crippen LogP contribution in [0.1, 0.15) is 20.8 Å². The lowest BCUT2D eigenvalue weighted by Crippen LogP contribution is -2.28. The number of fused-ring (bicyclic) bond motifs is 1. The largest absolute Gasteiger partial charge is 0.476 e. The topological polar surface area (TPSA) is 86.3 Å². The number of hydrogen-bond acceptors (Lipinski definition) is 3. The first kappa shape index (κ1) is 16.5. The molecule has 2 aromatic heterocycles. The molecule has 0 spiro atoms. The van der Waals surface area contributed by atoms with Gasteiger partial charge in [-0.1, -0.05) is 36.4 Å². The van der Waals surface area contributed by atoms with Gasteiger partial charge < -0.3 is 10.1 Å². The van der Waals surface area contributed by atoms with Gasteiger partial charge in [-0.05, 0) is 36.4 Å². The average Bonchev–Trinajstić information content (AvgIpc) is 3.12. The van der Waals surface area contributed by atoms with Gasteiger partial charge in [0.15, 0.2) is 5.69 Å². The van der Waals surface area contributed by atoms with E-state index in [0.29, 0.717) is 11.5 Å². The summed E-state index contributed by atoms with van der Waals surface area (Å²) in [6.07, 6.45) is 1.36. The molecule has 1 amide bonds. The lowest BCUT2D eigenvalue weighted by Gasteiger charge is -2.22. The number of rotatable bonds is 4. The molecule has 0 aliphatic rings. The normalized spacial score (nSPS) is 10.7. The number of nitrogens with zero attached hydrogens (tertiary/aromatic N) is 2. The van der Waals surface area contributed by atoms with Gasteiger partial charge in [-0.2, -0.15) is 0 Å². The number of carboxylic acids is 1. The number of benzene rings is 2. The zero-order chi connectivity index (χ0) is 18.8. The Bertz CT molecular complexity index is 1100. The van der Waals surface area contributed by atoms with Crippen LogP contribution >= 0.6 is 0 Å². The Morgan fingerprint density at radius 3 is 2.41 bits per heavy atom. The van der Waals surface area contributed by atoms with Crippen molar-refractivity contribution in [3.05, 3.63) is 90.3 Å². The number of anilines is 2. The van der Waals surface area contributed by atoms with Gasteiger partial charge in [-0.15, -0.1) is 0 Å². The maximum Gasteiger partial charge on any atom is 0.355 e. The van der Waals surface area contributed by atoms with Crippen LogP contribution in [0.5, 0.6) is 0 Å². The summed E-state index contributed by atoms with van der Waals surface area (Å²) >= 11 is 0. The monoisotopic (exact) mass is 357 g/mol. The highest BCUT2D eigenvalue weighted by molar-refractivity contribution is 6.15. The SMILES string of the molecule is O=C(O)c1ncccc1C(=O)N(c1ccccc1)c1cc2ccccc2[nH]1. The number of aromatic amines is 1. The van der Waals surface area contributed by atoms with Crippen LogP contribution in [0.2, 0.25) is 0 Å². The molecule has 132 valence electrons. The fraction of sp³-hybridized carbons (Fsp3) is 0. The van der Waals surface area contributed by atoms with Crippen molar-refractivity contribution in [2.75, 3.05) is 4.90 Å². The highest BCUT2D eigenvalue weighted by Gasteiger charge is 2.26. The third kappa shape index (κ3) is 3.04. The standard InChI is InChI=1S/C21H15N3O3/c25-20(16-10-6-12-22-19(16)21(26)27)24(15-8-2-1-3-9-15)18-13-14-7-4-5-11-17(14)23-18/h1-13,23H,(H,26,27). The van der Waals surface area contributed by atoms with Gasteiger partial charge in [0, 0.05) is 17.1 Å². The second-order valence-corrected chi connectivity index (χ2v) is 5.92. The minimum atomic E-state index is -1.25. The number of hydrogen-bond donors (Lipinski definition) is 2. The van der Waals surface area contributed by atoms with Crippen LogP contribution in [0.25, 0.3) is 10.9 Å². The molecule has 4 aromatic rings. The van der Waals surface area contributed by atoms with Crippen LogP contribution in [-0.4, -0.2) is 27.0 Å². The van der Waals surface area contributed by atoms with E-state index < -0.39 is 11.9 Å². The third-order valence-electron chi connectivity index (χ3n) is 4.21. The Kier molecular flexibility index (Phi) is 4.14. The second kappa shape index (κ2) is 6.76. The fourth-order valence-electron chi connectivity index (χ4n) is 2.99. The van der Waals surface area contributed by atoms with Crippen LogP contribution in [0.15, 0.2) is 79.0 Å². The first-order valence-corrected chi connectivity index (χ1v) is 8.31. The molecular formula is C21H15N3O3. The Hall–Kier alpha value is -3.93. The Morgan fingerprint density at radius 2 is 1.67 bits per heavy atom. The molecule has 0 radical (unpaired) electrons. The molecule has 0 fully saturated rings. The molecule has 2 heterocycles. The smallest absolute Gasteiger partial charge is 0.355 e. The molecule has 0 saturated heterocycles. The van der Waals surface area contributed by atoms with E-state index >= 15 is 0 Å². The molecule has 0 atom stereocenters. The molecule has 4 rings (SSSR count). The minimum Gasteiger partial charge on any atom is -0.476 e. The molecule has 0 bridgehead atoms. The summed E-state index contributed by atoms with van der Waals surface area (Å²) in [5.74, 6) is -1.17. The summed E-state index contributed by atoms with van der Waals surface area (Å²) in [4.78, 5) is 33.4. The molecule has 0 aliphatic heterocycles. The first-order valence-electron chi connectivity index (χ1n) is 8.31. The van der Waals surface area contributed by atoms with Crippen molar-refractivity contribution in [2.45, 2.75) is 0 Å². The number of carboxylic acid groups (broad SMARTS) is 1. The Morgan fingerprint density at radius 1 is 0.926 bits per heavy atom. The highest BCUT2D eigenvalue weighted by Crippen LogP contribution is 2.30. The fourth-order valence-corrected chi connectivity index (χ4v) is 2.99. The van der Waals surface area contributed by atoms with Crippen molar-refractivity contribution < 1.29 is 14.7 Å². The van der Waals surface area contributed by atoms with Crippen molar-refractivity contribution in [3.63, 3.8) is 0 Å². The van der Waals surface area contributed by atoms with Gasteiger partial charge in [-0.3, -0.25) is 9.69 Å². The van der Waals surface area contributed by atoms with E-state index in [1.54, 1.807) is 18.2 Å². The molecule has 2 N–H and O–H groups in total. The molecule has 6 nitrogen and oxygen atoms in total. The predicted octanol–water partition coefficient (Wildman–Crippen LogP) is 4.24. The quantitative estimate of drug-likeness (QED) is 0.572. The molecule has 0 unspecified atom stereocenters. The van der Waals surface area contributed by atoms with Crippen LogP contribution in [-0.2, 0) is 0 Å². The van der Waals surface area contributed by atoms with Gasteiger partial charge >= 0.3 is 5.97 Å². The molecule has 0 aliphatic carbocycles. The maximum atomic E-state index is 13.4. The lowest BCUT2D eigenvalue weighted by molar-refractivity contribution is 0.0685. The zero-order valence-electron chi connectivity index (χ0n) is 14.2. The van der Waals surface area contributed by atoms with Gasteiger partial charge in [-0.25, -0.2) is 9.78 Å². The maximum absolute atomic E-state index is 13.4. The Labute approximate surface area is 154 Å². The highest BCUT2D eigenvalue weighted by atomic mass is 16.4.